The molecule has 1 N–H and O–H groups in total. The van der Waals surface area contributed by atoms with Gasteiger partial charge in [-0.25, -0.2) is 4.79 Å². The number of aliphatic carboxylic acids is 1. The third kappa shape index (κ3) is 4.72. The summed E-state index contributed by atoms with van der Waals surface area (Å²) in [5.41, 5.74) is 1.64. The average molecular weight is 168 g/mol. The van der Waals surface area contributed by atoms with E-state index in [1.54, 1.807) is 6.08 Å². The summed E-state index contributed by atoms with van der Waals surface area (Å²) in [6.07, 6.45) is 4.99. The summed E-state index contributed by atoms with van der Waals surface area (Å²) in [6, 6.07) is 0. The molecule has 0 bridgehead atoms. The molecule has 0 heterocycles. The van der Waals surface area contributed by atoms with Crippen LogP contribution in [-0.4, -0.2) is 11.1 Å². The van der Waals surface area contributed by atoms with E-state index in [9.17, 15) is 4.79 Å². The lowest BCUT2D eigenvalue weighted by Crippen LogP contribution is -1.99. The van der Waals surface area contributed by atoms with Crippen molar-refractivity contribution in [1.82, 2.24) is 0 Å². The molecule has 0 aliphatic rings. The first kappa shape index (κ1) is 11.0. The Morgan fingerprint density at radius 3 is 2.25 bits per heavy atom. The van der Waals surface area contributed by atoms with Crippen molar-refractivity contribution in [2.24, 2.45) is 0 Å². The number of carboxylic acids is 1. The summed E-state index contributed by atoms with van der Waals surface area (Å²) in [6.45, 7) is 5.86. The molecule has 0 atom stereocenters. The first-order valence-electron chi connectivity index (χ1n) is 4.13. The second-order valence-corrected chi connectivity index (χ2v) is 2.93. The normalized spacial score (nSPS) is 11.1. The Bertz CT molecular complexity index is 208. The van der Waals surface area contributed by atoms with Crippen molar-refractivity contribution in [3.8, 4) is 0 Å². The zero-order chi connectivity index (χ0) is 9.56. The van der Waals surface area contributed by atoms with Crippen molar-refractivity contribution in [3.05, 3.63) is 23.3 Å². The van der Waals surface area contributed by atoms with Gasteiger partial charge in [0.25, 0.3) is 0 Å². The fourth-order valence-corrected chi connectivity index (χ4v) is 0.818. The van der Waals surface area contributed by atoms with E-state index in [0.29, 0.717) is 12.0 Å². The lowest BCUT2D eigenvalue weighted by atomic mass is 10.1. The molecule has 0 radical (unpaired) electrons. The molecule has 0 amide bonds. The maximum atomic E-state index is 10.6. The summed E-state index contributed by atoms with van der Waals surface area (Å²) < 4.78 is 0. The number of hydrogen-bond acceptors (Lipinski definition) is 1. The maximum absolute atomic E-state index is 10.6. The molecular weight excluding hydrogens is 152 g/mol. The predicted molar refractivity (Wildman–Crippen MR) is 50.1 cm³/mol. The van der Waals surface area contributed by atoms with E-state index in [2.05, 4.69) is 0 Å². The molecule has 0 rings (SSSR count). The van der Waals surface area contributed by atoms with Gasteiger partial charge in [0.2, 0.25) is 0 Å². The smallest absolute Gasteiger partial charge is 0.331 e. The van der Waals surface area contributed by atoms with Crippen molar-refractivity contribution in [3.63, 3.8) is 0 Å². The van der Waals surface area contributed by atoms with Crippen LogP contribution in [0.25, 0.3) is 0 Å². The summed E-state index contributed by atoms with van der Waals surface area (Å²) in [5.74, 6) is -0.811. The van der Waals surface area contributed by atoms with Gasteiger partial charge >= 0.3 is 5.97 Å². The lowest BCUT2D eigenvalue weighted by molar-refractivity contribution is -0.132. The van der Waals surface area contributed by atoms with Gasteiger partial charge in [0.1, 0.15) is 0 Å². The second-order valence-electron chi connectivity index (χ2n) is 2.93. The molecule has 0 aliphatic carbocycles. The van der Waals surface area contributed by atoms with Gasteiger partial charge in [-0.05, 0) is 26.7 Å². The second kappa shape index (κ2) is 5.58. The van der Waals surface area contributed by atoms with Crippen LogP contribution in [0.3, 0.4) is 0 Å². The first-order chi connectivity index (χ1) is 5.57. The monoisotopic (exact) mass is 168 g/mol. The summed E-state index contributed by atoms with van der Waals surface area (Å²) in [5, 5.41) is 8.72. The average Bonchev–Trinajstić information content (AvgIpc) is 1.96. The third-order valence-corrected chi connectivity index (χ3v) is 1.46. The fraction of sp³-hybridized carbons (Fsp3) is 0.500. The third-order valence-electron chi connectivity index (χ3n) is 1.46. The molecule has 0 fully saturated rings. The van der Waals surface area contributed by atoms with Crippen LogP contribution in [0.2, 0.25) is 0 Å². The van der Waals surface area contributed by atoms with Crippen LogP contribution < -0.4 is 0 Å². The lowest BCUT2D eigenvalue weighted by Gasteiger charge is -1.97. The highest BCUT2D eigenvalue weighted by Crippen LogP contribution is 2.06. The minimum atomic E-state index is -0.811. The van der Waals surface area contributed by atoms with Gasteiger partial charge in [0.15, 0.2) is 0 Å². The summed E-state index contributed by atoms with van der Waals surface area (Å²) in [4.78, 5) is 10.6. The van der Waals surface area contributed by atoms with Gasteiger partial charge in [-0.15, -0.1) is 0 Å². The molecule has 0 saturated heterocycles. The Morgan fingerprint density at radius 1 is 1.33 bits per heavy atom. The zero-order valence-corrected chi connectivity index (χ0v) is 7.92. The van der Waals surface area contributed by atoms with Crippen molar-refractivity contribution >= 4 is 5.97 Å². The quantitative estimate of drug-likeness (QED) is 0.517. The van der Waals surface area contributed by atoms with Crippen LogP contribution in [0, 0.1) is 0 Å². The summed E-state index contributed by atoms with van der Waals surface area (Å²) >= 11 is 0. The van der Waals surface area contributed by atoms with Crippen molar-refractivity contribution in [1.29, 1.82) is 0 Å². The molecule has 68 valence electrons. The van der Waals surface area contributed by atoms with Crippen LogP contribution in [0.5, 0.6) is 0 Å². The molecule has 0 spiro atoms. The van der Waals surface area contributed by atoms with Crippen LogP contribution in [0.15, 0.2) is 23.3 Å². The Kier molecular flexibility index (Phi) is 5.09. The van der Waals surface area contributed by atoms with Gasteiger partial charge in [-0.3, -0.25) is 0 Å². The minimum Gasteiger partial charge on any atom is -0.478 e. The summed E-state index contributed by atoms with van der Waals surface area (Å²) in [7, 11) is 0. The van der Waals surface area contributed by atoms with Gasteiger partial charge < -0.3 is 5.11 Å². The van der Waals surface area contributed by atoms with Crippen LogP contribution >= 0.6 is 0 Å². The number of hydrogen-bond donors (Lipinski definition) is 1. The number of carboxylic acid groups (broad SMARTS) is 1. The van der Waals surface area contributed by atoms with Crippen molar-refractivity contribution in [2.75, 3.05) is 0 Å². The molecule has 0 aromatic rings. The van der Waals surface area contributed by atoms with E-state index < -0.39 is 5.97 Å². The maximum Gasteiger partial charge on any atom is 0.331 e. The molecule has 0 aromatic heterocycles. The van der Waals surface area contributed by atoms with E-state index in [-0.39, 0.29) is 0 Å². The number of rotatable bonds is 4. The highest BCUT2D eigenvalue weighted by Gasteiger charge is 2.03. The Morgan fingerprint density at radius 2 is 1.92 bits per heavy atom. The van der Waals surface area contributed by atoms with E-state index >= 15 is 0 Å². The van der Waals surface area contributed by atoms with Gasteiger partial charge in [0, 0.05) is 5.57 Å². The fourth-order valence-electron chi connectivity index (χ4n) is 0.818. The van der Waals surface area contributed by atoms with Crippen molar-refractivity contribution in [2.45, 2.75) is 33.6 Å². The highest BCUT2D eigenvalue weighted by atomic mass is 16.4. The Balaban J connectivity index is 4.26. The van der Waals surface area contributed by atoms with E-state index in [1.165, 1.54) is 0 Å². The molecule has 0 saturated carbocycles. The topological polar surface area (TPSA) is 37.3 Å². The van der Waals surface area contributed by atoms with E-state index in [4.69, 9.17) is 5.11 Å². The highest BCUT2D eigenvalue weighted by molar-refractivity contribution is 5.86. The first-order valence-corrected chi connectivity index (χ1v) is 4.13. The van der Waals surface area contributed by atoms with E-state index in [1.807, 2.05) is 26.8 Å². The Hall–Kier alpha value is -1.05. The van der Waals surface area contributed by atoms with Crippen LogP contribution in [0.1, 0.15) is 33.6 Å². The number of allylic oxidation sites excluding steroid dienone is 3. The van der Waals surface area contributed by atoms with E-state index in [0.717, 1.165) is 12.0 Å². The van der Waals surface area contributed by atoms with Gasteiger partial charge in [-0.2, -0.15) is 0 Å². The molecular formula is C10H16O2. The largest absolute Gasteiger partial charge is 0.478 e. The number of carbonyl (C=O) groups is 1. The van der Waals surface area contributed by atoms with Gasteiger partial charge in [0.05, 0.1) is 0 Å². The zero-order valence-electron chi connectivity index (χ0n) is 7.92. The molecule has 0 unspecified atom stereocenters. The molecule has 0 aliphatic heterocycles. The van der Waals surface area contributed by atoms with Gasteiger partial charge in [-0.1, -0.05) is 24.6 Å². The molecule has 2 nitrogen and oxygen atoms in total. The standard InChI is InChI=1S/C10H16O2/c1-4-5-9(10(11)12)7-6-8(2)3/h5-6H,4,7H2,1-3H3,(H,11,12). The molecule has 0 aromatic carbocycles. The van der Waals surface area contributed by atoms with Crippen molar-refractivity contribution < 1.29 is 9.90 Å². The molecule has 2 heteroatoms. The predicted octanol–water partition coefficient (Wildman–Crippen LogP) is 2.76. The molecule has 12 heavy (non-hydrogen) atoms. The van der Waals surface area contributed by atoms with Crippen LogP contribution in [0.4, 0.5) is 0 Å². The van der Waals surface area contributed by atoms with Crippen LogP contribution in [-0.2, 0) is 4.79 Å². The minimum absolute atomic E-state index is 0.485. The Labute approximate surface area is 73.6 Å². The SMILES string of the molecule is CCC=C(CC=C(C)C)C(=O)O.